The Hall–Kier alpha value is -1.93. The number of amides is 3. The van der Waals surface area contributed by atoms with Crippen molar-refractivity contribution in [1.29, 1.82) is 0 Å². The van der Waals surface area contributed by atoms with E-state index in [-0.39, 0.29) is 37.4 Å². The van der Waals surface area contributed by atoms with Gasteiger partial charge in [0, 0.05) is 16.7 Å². The molecule has 0 aliphatic rings. The first-order valence-corrected chi connectivity index (χ1v) is 8.89. The third kappa shape index (κ3) is 8.64. The second-order valence-electron chi connectivity index (χ2n) is 5.81. The molecule has 0 atom stereocenters. The first-order chi connectivity index (χ1) is 11.8. The van der Waals surface area contributed by atoms with Crippen LogP contribution in [0.4, 0.5) is 5.69 Å². The van der Waals surface area contributed by atoms with Crippen LogP contribution in [0.5, 0.6) is 0 Å². The normalized spacial score (nSPS) is 10.4. The number of carbonyl (C=O) groups excluding carboxylic acids is 3. The lowest BCUT2D eigenvalue weighted by molar-refractivity contribution is -0.126. The van der Waals surface area contributed by atoms with Crippen LogP contribution in [0.3, 0.4) is 0 Å². The molecule has 8 heteroatoms. The van der Waals surface area contributed by atoms with Gasteiger partial charge in [0.05, 0.1) is 19.6 Å². The van der Waals surface area contributed by atoms with Crippen molar-refractivity contribution in [3.05, 3.63) is 28.2 Å². The van der Waals surface area contributed by atoms with Crippen LogP contribution in [0.2, 0.25) is 0 Å². The lowest BCUT2D eigenvalue weighted by Gasteiger charge is -2.16. The van der Waals surface area contributed by atoms with E-state index in [9.17, 15) is 14.4 Å². The number of likely N-dealkylation sites (N-methyl/N-ethyl adjacent to an activating group) is 1. The summed E-state index contributed by atoms with van der Waals surface area (Å²) in [4.78, 5) is 36.9. The molecular weight excluding hydrogens is 388 g/mol. The fourth-order valence-electron chi connectivity index (χ4n) is 2.06. The van der Waals surface area contributed by atoms with Gasteiger partial charge in [0.1, 0.15) is 0 Å². The molecule has 0 unspecified atom stereocenters. The van der Waals surface area contributed by atoms with Gasteiger partial charge >= 0.3 is 0 Å². The molecule has 7 nitrogen and oxygen atoms in total. The number of aryl methyl sites for hydroxylation is 1. The maximum Gasteiger partial charge on any atom is 0.243 e. The average Bonchev–Trinajstić information content (AvgIpc) is 2.53. The molecule has 0 aromatic heterocycles. The van der Waals surface area contributed by atoms with Crippen molar-refractivity contribution >= 4 is 39.3 Å². The van der Waals surface area contributed by atoms with Crippen LogP contribution < -0.4 is 16.0 Å². The van der Waals surface area contributed by atoms with Crippen molar-refractivity contribution in [2.45, 2.75) is 20.3 Å². The molecule has 0 aliphatic carbocycles. The number of halogens is 1. The number of hydrogen-bond acceptors (Lipinski definition) is 4. The zero-order valence-corrected chi connectivity index (χ0v) is 16.4. The van der Waals surface area contributed by atoms with Crippen molar-refractivity contribution in [1.82, 2.24) is 15.5 Å². The molecule has 0 aliphatic heterocycles. The van der Waals surface area contributed by atoms with Crippen LogP contribution >= 0.6 is 15.9 Å². The zero-order valence-electron chi connectivity index (χ0n) is 14.8. The summed E-state index contributed by atoms with van der Waals surface area (Å²) in [5, 5.41) is 8.04. The Kier molecular flexibility index (Phi) is 9.15. The minimum atomic E-state index is -0.312. The molecule has 0 spiro atoms. The maximum absolute atomic E-state index is 11.9. The number of carbonyl (C=O) groups is 3. The molecule has 25 heavy (non-hydrogen) atoms. The number of nitrogens with zero attached hydrogens (tertiary/aromatic N) is 1. The largest absolute Gasteiger partial charge is 0.355 e. The fourth-order valence-corrected chi connectivity index (χ4v) is 2.54. The minimum absolute atomic E-state index is 0.0458. The Morgan fingerprint density at radius 3 is 2.32 bits per heavy atom. The van der Waals surface area contributed by atoms with Crippen molar-refractivity contribution < 1.29 is 14.4 Å². The summed E-state index contributed by atoms with van der Waals surface area (Å²) in [6.45, 7) is 4.54. The SMILES string of the molecule is CCCNC(=O)CN(C)CC(=O)NCC(=O)Nc1ccc(Br)cc1C. The number of hydrogen-bond donors (Lipinski definition) is 3. The molecule has 0 saturated carbocycles. The average molecular weight is 413 g/mol. The third-order valence-electron chi connectivity index (χ3n) is 3.31. The van der Waals surface area contributed by atoms with Crippen molar-refractivity contribution in [3.63, 3.8) is 0 Å². The van der Waals surface area contributed by atoms with E-state index < -0.39 is 0 Å². The molecule has 3 amide bonds. The van der Waals surface area contributed by atoms with Crippen molar-refractivity contribution in [2.24, 2.45) is 0 Å². The van der Waals surface area contributed by atoms with Gasteiger partial charge in [-0.15, -0.1) is 0 Å². The monoisotopic (exact) mass is 412 g/mol. The van der Waals surface area contributed by atoms with Gasteiger partial charge in [0.25, 0.3) is 0 Å². The highest BCUT2D eigenvalue weighted by atomic mass is 79.9. The summed E-state index contributed by atoms with van der Waals surface area (Å²) in [5.41, 5.74) is 1.62. The Labute approximate surface area is 156 Å². The zero-order chi connectivity index (χ0) is 18.8. The highest BCUT2D eigenvalue weighted by molar-refractivity contribution is 9.10. The second-order valence-corrected chi connectivity index (χ2v) is 6.72. The van der Waals surface area contributed by atoms with E-state index in [0.29, 0.717) is 12.2 Å². The van der Waals surface area contributed by atoms with Gasteiger partial charge in [-0.05, 0) is 44.2 Å². The summed E-state index contributed by atoms with van der Waals surface area (Å²) in [6, 6.07) is 5.52. The van der Waals surface area contributed by atoms with Gasteiger partial charge in [-0.25, -0.2) is 0 Å². The van der Waals surface area contributed by atoms with E-state index in [4.69, 9.17) is 0 Å². The first-order valence-electron chi connectivity index (χ1n) is 8.09. The number of nitrogens with one attached hydrogen (secondary N) is 3. The fraction of sp³-hybridized carbons (Fsp3) is 0.471. The van der Waals surface area contributed by atoms with Gasteiger partial charge in [-0.1, -0.05) is 22.9 Å². The molecule has 3 N–H and O–H groups in total. The molecule has 1 rings (SSSR count). The summed E-state index contributed by atoms with van der Waals surface area (Å²) in [5.74, 6) is -0.740. The predicted molar refractivity (Wildman–Crippen MR) is 101 cm³/mol. The van der Waals surface area contributed by atoms with Crippen LogP contribution in [-0.4, -0.2) is 55.8 Å². The number of rotatable bonds is 9. The molecule has 1 aromatic rings. The van der Waals surface area contributed by atoms with Crippen LogP contribution in [0.1, 0.15) is 18.9 Å². The van der Waals surface area contributed by atoms with Gasteiger partial charge in [-0.2, -0.15) is 0 Å². The summed E-state index contributed by atoms with van der Waals surface area (Å²) in [6.07, 6.45) is 0.864. The van der Waals surface area contributed by atoms with Crippen LogP contribution in [0, 0.1) is 6.92 Å². The Balaban J connectivity index is 2.33. The maximum atomic E-state index is 11.9. The van der Waals surface area contributed by atoms with E-state index in [2.05, 4.69) is 31.9 Å². The molecule has 138 valence electrons. The molecule has 0 fully saturated rings. The van der Waals surface area contributed by atoms with E-state index in [0.717, 1.165) is 16.5 Å². The molecule has 0 radical (unpaired) electrons. The second kappa shape index (κ2) is 10.8. The number of anilines is 1. The van der Waals surface area contributed by atoms with E-state index in [1.165, 1.54) is 0 Å². The third-order valence-corrected chi connectivity index (χ3v) is 3.80. The lowest BCUT2D eigenvalue weighted by Crippen LogP contribution is -2.42. The topological polar surface area (TPSA) is 90.5 Å². The van der Waals surface area contributed by atoms with Gasteiger partial charge in [0.15, 0.2) is 0 Å². The Bertz CT molecular complexity index is 622. The van der Waals surface area contributed by atoms with E-state index in [1.54, 1.807) is 18.0 Å². The van der Waals surface area contributed by atoms with Crippen molar-refractivity contribution in [3.8, 4) is 0 Å². The van der Waals surface area contributed by atoms with Gasteiger partial charge in [-0.3, -0.25) is 19.3 Å². The minimum Gasteiger partial charge on any atom is -0.355 e. The Morgan fingerprint density at radius 1 is 1.08 bits per heavy atom. The molecule has 1 aromatic carbocycles. The lowest BCUT2D eigenvalue weighted by atomic mass is 10.2. The van der Waals surface area contributed by atoms with Crippen LogP contribution in [0.25, 0.3) is 0 Å². The van der Waals surface area contributed by atoms with Crippen LogP contribution in [0.15, 0.2) is 22.7 Å². The van der Waals surface area contributed by atoms with Crippen molar-refractivity contribution in [2.75, 3.05) is 38.5 Å². The molecule has 0 heterocycles. The van der Waals surface area contributed by atoms with Crippen LogP contribution in [-0.2, 0) is 14.4 Å². The quantitative estimate of drug-likeness (QED) is 0.569. The highest BCUT2D eigenvalue weighted by Gasteiger charge is 2.12. The van der Waals surface area contributed by atoms with E-state index in [1.807, 2.05) is 26.0 Å². The number of benzene rings is 1. The summed E-state index contributed by atoms with van der Waals surface area (Å²) < 4.78 is 0.933. The summed E-state index contributed by atoms with van der Waals surface area (Å²) in [7, 11) is 1.68. The van der Waals surface area contributed by atoms with Gasteiger partial charge in [0.2, 0.25) is 17.7 Å². The molecular formula is C17H25BrN4O3. The van der Waals surface area contributed by atoms with E-state index >= 15 is 0 Å². The Morgan fingerprint density at radius 2 is 1.72 bits per heavy atom. The smallest absolute Gasteiger partial charge is 0.243 e. The summed E-state index contributed by atoms with van der Waals surface area (Å²) >= 11 is 3.36. The standard InChI is InChI=1S/C17H25BrN4O3/c1-4-7-19-16(24)10-22(3)11-17(25)20-9-15(23)21-14-6-5-13(18)8-12(14)2/h5-6,8H,4,7,9-11H2,1-3H3,(H,19,24)(H,20,25)(H,21,23). The predicted octanol–water partition coefficient (Wildman–Crippen LogP) is 1.27. The molecule has 0 bridgehead atoms. The van der Waals surface area contributed by atoms with Gasteiger partial charge < -0.3 is 16.0 Å². The molecule has 0 saturated heterocycles. The highest BCUT2D eigenvalue weighted by Crippen LogP contribution is 2.19. The first kappa shape index (κ1) is 21.1.